The van der Waals surface area contributed by atoms with Crippen LogP contribution in [0.4, 0.5) is 0 Å². The lowest BCUT2D eigenvalue weighted by Gasteiger charge is -2.37. The quantitative estimate of drug-likeness (QED) is 0.121. The molecule has 0 saturated carbocycles. The molecule has 2 aliphatic heterocycles. The summed E-state index contributed by atoms with van der Waals surface area (Å²) in [6, 6.07) is 67.9. The highest BCUT2D eigenvalue weighted by atomic mass is 31.1. The molecule has 52 heavy (non-hydrogen) atoms. The molecule has 0 saturated heterocycles. The fourth-order valence-electron chi connectivity index (χ4n) is 6.95. The Morgan fingerprint density at radius 1 is 0.327 bits per heavy atom. The van der Waals surface area contributed by atoms with Gasteiger partial charge in [-0.1, -0.05) is 182 Å². The topological polar surface area (TPSA) is 36.9 Å². The van der Waals surface area contributed by atoms with E-state index >= 15 is 0 Å². The van der Waals surface area contributed by atoms with E-state index in [1.54, 1.807) is 0 Å². The van der Waals surface area contributed by atoms with Crippen LogP contribution in [0, 0.1) is 0 Å². The van der Waals surface area contributed by atoms with Gasteiger partial charge >= 0.3 is 14.2 Å². The number of rotatable bonds is 8. The maximum atomic E-state index is 6.98. The van der Waals surface area contributed by atoms with Gasteiger partial charge < -0.3 is 18.6 Å². The van der Waals surface area contributed by atoms with Gasteiger partial charge in [0.1, 0.15) is 23.2 Å². The van der Waals surface area contributed by atoms with E-state index in [4.69, 9.17) is 18.6 Å². The van der Waals surface area contributed by atoms with Crippen LogP contribution < -0.4 is 41.5 Å². The van der Waals surface area contributed by atoms with E-state index in [-0.39, 0.29) is 11.7 Å². The Morgan fingerprint density at radius 2 is 0.635 bits per heavy atom. The SMILES string of the molecule is c1ccc(B2Oc3ccccc3C(P(c3ccccc3)c3ccc(P(c4ccccc4)C4OB(c5ccccc5)Oc5ccccc54)cc3)O2)cc1. The van der Waals surface area contributed by atoms with Gasteiger partial charge in [-0.3, -0.25) is 0 Å². The predicted molar refractivity (Wildman–Crippen MR) is 217 cm³/mol. The van der Waals surface area contributed by atoms with Crippen molar-refractivity contribution in [3.63, 3.8) is 0 Å². The molecular weight excluding hydrogens is 676 g/mol. The summed E-state index contributed by atoms with van der Waals surface area (Å²) in [5, 5.41) is 4.96. The maximum absolute atomic E-state index is 6.98. The number of para-hydroxylation sites is 2. The van der Waals surface area contributed by atoms with Crippen LogP contribution in [0.15, 0.2) is 194 Å². The van der Waals surface area contributed by atoms with Crippen LogP contribution in [-0.4, -0.2) is 14.2 Å². The zero-order valence-electron chi connectivity index (χ0n) is 28.3. The lowest BCUT2D eigenvalue weighted by Crippen LogP contribution is -2.44. The summed E-state index contributed by atoms with van der Waals surface area (Å²) in [4.78, 5) is 0. The third-order valence-electron chi connectivity index (χ3n) is 9.43. The standard InChI is InChI=1S/C44H34B2O4P2/c1-5-17-33(18-6-1)45-47-41-27-15-13-25-39(41)43(49-45)51(35-21-9-3-10-22-35)37-29-31-38(32-30-37)52(36-23-11-4-12-24-36)44-40-26-14-16-28-42(40)48-46(50-44)34-19-7-2-8-20-34/h1-32,43-44H. The summed E-state index contributed by atoms with van der Waals surface area (Å²) in [6.45, 7) is 0. The summed E-state index contributed by atoms with van der Waals surface area (Å²) in [5.41, 5.74) is 4.14. The molecule has 0 spiro atoms. The van der Waals surface area contributed by atoms with Gasteiger partial charge in [0.25, 0.3) is 0 Å². The monoisotopic (exact) mass is 710 g/mol. The molecule has 0 aromatic heterocycles. The normalized spacial score (nSPS) is 17.5. The number of hydrogen-bond donors (Lipinski definition) is 0. The zero-order valence-corrected chi connectivity index (χ0v) is 30.1. The molecule has 0 amide bonds. The molecule has 4 unspecified atom stereocenters. The van der Waals surface area contributed by atoms with Gasteiger partial charge in [-0.05, 0) is 60.1 Å². The second-order valence-electron chi connectivity index (χ2n) is 12.7. The van der Waals surface area contributed by atoms with Crippen molar-refractivity contribution < 1.29 is 18.6 Å². The molecule has 4 nitrogen and oxygen atoms in total. The summed E-state index contributed by atoms with van der Waals surface area (Å²) in [5.74, 6) is 1.30. The van der Waals surface area contributed by atoms with Gasteiger partial charge in [0.05, 0.1) is 0 Å². The molecule has 0 radical (unpaired) electrons. The summed E-state index contributed by atoms with van der Waals surface area (Å²) in [6.07, 6.45) is 0. The highest BCUT2D eigenvalue weighted by Crippen LogP contribution is 2.56. The summed E-state index contributed by atoms with van der Waals surface area (Å²) in [7, 11) is -3.02. The van der Waals surface area contributed by atoms with E-state index in [1.165, 1.54) is 21.2 Å². The molecular formula is C44H34B2O4P2. The first-order chi connectivity index (χ1) is 25.8. The van der Waals surface area contributed by atoms with Gasteiger partial charge in [-0.2, -0.15) is 0 Å². The van der Waals surface area contributed by atoms with Crippen LogP contribution in [0.25, 0.3) is 0 Å². The van der Waals surface area contributed by atoms with Crippen molar-refractivity contribution >= 4 is 62.2 Å². The Labute approximate surface area is 308 Å². The first kappa shape index (κ1) is 32.9. The van der Waals surface area contributed by atoms with Crippen LogP contribution in [0.3, 0.4) is 0 Å². The van der Waals surface area contributed by atoms with Crippen molar-refractivity contribution in [3.05, 3.63) is 205 Å². The van der Waals surface area contributed by atoms with E-state index in [1.807, 2.05) is 48.5 Å². The van der Waals surface area contributed by atoms with Crippen LogP contribution in [0.2, 0.25) is 0 Å². The minimum atomic E-state index is -0.999. The first-order valence-electron chi connectivity index (χ1n) is 17.5. The Kier molecular flexibility index (Phi) is 9.47. The van der Waals surface area contributed by atoms with Crippen LogP contribution in [-0.2, 0) is 9.31 Å². The smallest absolute Gasteiger partial charge is 0.532 e. The van der Waals surface area contributed by atoms with Crippen molar-refractivity contribution in [1.82, 2.24) is 0 Å². The van der Waals surface area contributed by atoms with Gasteiger partial charge in [0, 0.05) is 11.1 Å². The fourth-order valence-corrected chi connectivity index (χ4v) is 12.0. The van der Waals surface area contributed by atoms with Crippen molar-refractivity contribution in [2.45, 2.75) is 11.7 Å². The second kappa shape index (κ2) is 15.0. The molecule has 0 N–H and O–H groups in total. The third-order valence-corrected chi connectivity index (χ3v) is 14.6. The molecule has 7 aromatic carbocycles. The molecule has 8 heteroatoms. The maximum Gasteiger partial charge on any atom is 0.563 e. The average Bonchev–Trinajstić information content (AvgIpc) is 3.23. The predicted octanol–water partition coefficient (Wildman–Crippen LogP) is 7.56. The van der Waals surface area contributed by atoms with Gasteiger partial charge in [-0.25, -0.2) is 0 Å². The zero-order chi connectivity index (χ0) is 34.7. The molecule has 0 bridgehead atoms. The molecule has 9 rings (SSSR count). The van der Waals surface area contributed by atoms with Crippen molar-refractivity contribution in [2.24, 2.45) is 0 Å². The molecule has 0 aliphatic carbocycles. The highest BCUT2D eigenvalue weighted by molar-refractivity contribution is 7.74. The van der Waals surface area contributed by atoms with Gasteiger partial charge in [0.15, 0.2) is 0 Å². The number of fused-ring (bicyclic) bond motifs is 2. The first-order valence-corrected chi connectivity index (χ1v) is 20.3. The molecule has 2 aliphatic rings. The van der Waals surface area contributed by atoms with E-state index in [9.17, 15) is 0 Å². The lowest BCUT2D eigenvalue weighted by molar-refractivity contribution is 0.226. The lowest BCUT2D eigenvalue weighted by atomic mass is 9.78. The van der Waals surface area contributed by atoms with E-state index < -0.39 is 30.1 Å². The molecule has 250 valence electrons. The summed E-state index contributed by atoms with van der Waals surface area (Å²) < 4.78 is 26.9. The number of benzene rings is 7. The Hall–Kier alpha value is -4.95. The van der Waals surface area contributed by atoms with Crippen LogP contribution in [0.5, 0.6) is 11.5 Å². The fraction of sp³-hybridized carbons (Fsp3) is 0.0455. The Balaban J connectivity index is 1.13. The molecule has 0 fully saturated rings. The highest BCUT2D eigenvalue weighted by Gasteiger charge is 2.42. The van der Waals surface area contributed by atoms with E-state index in [0.717, 1.165) is 33.6 Å². The Bertz CT molecular complexity index is 2090. The minimum Gasteiger partial charge on any atom is -0.532 e. The van der Waals surface area contributed by atoms with Crippen molar-refractivity contribution in [1.29, 1.82) is 0 Å². The van der Waals surface area contributed by atoms with Crippen LogP contribution in [0.1, 0.15) is 22.8 Å². The van der Waals surface area contributed by atoms with Gasteiger partial charge in [-0.15, -0.1) is 0 Å². The van der Waals surface area contributed by atoms with E-state index in [2.05, 4.69) is 146 Å². The molecule has 2 heterocycles. The van der Waals surface area contributed by atoms with Crippen LogP contribution >= 0.6 is 15.8 Å². The number of hydrogen-bond acceptors (Lipinski definition) is 4. The minimum absolute atomic E-state index is 0.216. The third kappa shape index (κ3) is 6.60. The molecule has 4 atom stereocenters. The van der Waals surface area contributed by atoms with E-state index in [0.29, 0.717) is 0 Å². The second-order valence-corrected chi connectivity index (χ2v) is 17.2. The average molecular weight is 710 g/mol. The van der Waals surface area contributed by atoms with Crippen molar-refractivity contribution in [2.75, 3.05) is 0 Å². The van der Waals surface area contributed by atoms with Crippen molar-refractivity contribution in [3.8, 4) is 11.5 Å². The largest absolute Gasteiger partial charge is 0.563 e. The summed E-state index contributed by atoms with van der Waals surface area (Å²) >= 11 is 0. The van der Waals surface area contributed by atoms with Gasteiger partial charge in [0.2, 0.25) is 0 Å². The molecule has 7 aromatic rings. The Morgan fingerprint density at radius 3 is 1.02 bits per heavy atom.